The van der Waals surface area contributed by atoms with Crippen LogP contribution in [0.15, 0.2) is 53.0 Å². The molecule has 3 rings (SSSR count). The highest BCUT2D eigenvalue weighted by Gasteiger charge is 2.18. The molecule has 0 saturated carbocycles. The molecule has 2 aromatic rings. The Morgan fingerprint density at radius 1 is 1.09 bits per heavy atom. The minimum Gasteiger partial charge on any atom is -0.491 e. The summed E-state index contributed by atoms with van der Waals surface area (Å²) in [6, 6.07) is 16.2. The van der Waals surface area contributed by atoms with Gasteiger partial charge in [0.1, 0.15) is 18.5 Å². The Balaban J connectivity index is 0.00000192. The molecule has 0 saturated heterocycles. The van der Waals surface area contributed by atoms with Gasteiger partial charge in [0.15, 0.2) is 0 Å². The first-order chi connectivity index (χ1) is 10.7. The molecule has 1 N–H and O–H groups in total. The van der Waals surface area contributed by atoms with Gasteiger partial charge < -0.3 is 9.84 Å². The van der Waals surface area contributed by atoms with Gasteiger partial charge in [0, 0.05) is 24.1 Å². The molecule has 1 aliphatic rings. The van der Waals surface area contributed by atoms with E-state index in [9.17, 15) is 5.11 Å². The third-order valence-corrected chi connectivity index (χ3v) is 4.46. The minimum atomic E-state index is -0.478. The second-order valence-corrected chi connectivity index (χ2v) is 6.59. The van der Waals surface area contributed by atoms with Crippen molar-refractivity contribution < 1.29 is 9.84 Å². The zero-order chi connectivity index (χ0) is 15.4. The van der Waals surface area contributed by atoms with Gasteiger partial charge in [0.2, 0.25) is 0 Å². The summed E-state index contributed by atoms with van der Waals surface area (Å²) in [5.41, 5.74) is 2.80. The minimum absolute atomic E-state index is 0. The van der Waals surface area contributed by atoms with Crippen molar-refractivity contribution in [3.8, 4) is 5.75 Å². The van der Waals surface area contributed by atoms with Gasteiger partial charge in [-0.1, -0.05) is 40.2 Å². The quantitative estimate of drug-likeness (QED) is 0.834. The standard InChI is InChI=1S/C18H20BrNO2.ClH/c19-16-5-7-18(8-6-16)22-13-17(21)12-20-10-9-14-3-1-2-4-15(14)11-20;/h1-8,17,21H,9-13H2;1H. The van der Waals surface area contributed by atoms with Crippen LogP contribution in [-0.4, -0.2) is 35.8 Å². The second kappa shape index (κ2) is 8.69. The molecule has 2 aromatic carbocycles. The molecule has 0 aromatic heterocycles. The van der Waals surface area contributed by atoms with Crippen molar-refractivity contribution in [3.05, 3.63) is 64.1 Å². The van der Waals surface area contributed by atoms with E-state index in [1.165, 1.54) is 11.1 Å². The van der Waals surface area contributed by atoms with Gasteiger partial charge >= 0.3 is 0 Å². The summed E-state index contributed by atoms with van der Waals surface area (Å²) in [5, 5.41) is 10.2. The van der Waals surface area contributed by atoms with E-state index in [-0.39, 0.29) is 12.4 Å². The number of fused-ring (bicyclic) bond motifs is 1. The molecule has 0 bridgehead atoms. The molecular formula is C18H21BrClNO2. The lowest BCUT2D eigenvalue weighted by Gasteiger charge is -2.30. The number of ether oxygens (including phenoxy) is 1. The van der Waals surface area contributed by atoms with Crippen molar-refractivity contribution in [2.45, 2.75) is 19.1 Å². The summed E-state index contributed by atoms with van der Waals surface area (Å²) < 4.78 is 6.66. The van der Waals surface area contributed by atoms with E-state index in [2.05, 4.69) is 45.1 Å². The molecular weight excluding hydrogens is 378 g/mol. The van der Waals surface area contributed by atoms with Crippen LogP contribution in [0.2, 0.25) is 0 Å². The van der Waals surface area contributed by atoms with E-state index in [4.69, 9.17) is 4.74 Å². The Hall–Kier alpha value is -1.07. The van der Waals surface area contributed by atoms with Crippen molar-refractivity contribution in [2.75, 3.05) is 19.7 Å². The van der Waals surface area contributed by atoms with Crippen molar-refractivity contribution in [2.24, 2.45) is 0 Å². The Morgan fingerprint density at radius 2 is 1.78 bits per heavy atom. The molecule has 1 atom stereocenters. The van der Waals surface area contributed by atoms with E-state index in [0.29, 0.717) is 13.2 Å². The highest BCUT2D eigenvalue weighted by atomic mass is 79.9. The molecule has 23 heavy (non-hydrogen) atoms. The van der Waals surface area contributed by atoms with Gasteiger partial charge in [-0.2, -0.15) is 0 Å². The Morgan fingerprint density at radius 3 is 2.52 bits per heavy atom. The third-order valence-electron chi connectivity index (χ3n) is 3.93. The summed E-state index contributed by atoms with van der Waals surface area (Å²) in [5.74, 6) is 0.784. The maximum atomic E-state index is 10.2. The smallest absolute Gasteiger partial charge is 0.119 e. The molecule has 5 heteroatoms. The number of β-amino-alcohol motifs (C(OH)–C–C–N with tert-alkyl or cyclic N) is 1. The summed E-state index contributed by atoms with van der Waals surface area (Å²) in [4.78, 5) is 2.29. The topological polar surface area (TPSA) is 32.7 Å². The predicted octanol–water partition coefficient (Wildman–Crippen LogP) is 3.67. The Labute approximate surface area is 151 Å². The van der Waals surface area contributed by atoms with E-state index < -0.39 is 6.10 Å². The molecule has 1 unspecified atom stereocenters. The normalized spacial score (nSPS) is 15.4. The van der Waals surface area contributed by atoms with Crippen LogP contribution in [0.4, 0.5) is 0 Å². The Bertz CT molecular complexity index is 621. The van der Waals surface area contributed by atoms with Crippen molar-refractivity contribution >= 4 is 28.3 Å². The van der Waals surface area contributed by atoms with Crippen LogP contribution >= 0.6 is 28.3 Å². The van der Waals surface area contributed by atoms with Crippen LogP contribution < -0.4 is 4.74 Å². The van der Waals surface area contributed by atoms with Crippen molar-refractivity contribution in [1.29, 1.82) is 0 Å². The van der Waals surface area contributed by atoms with E-state index in [1.54, 1.807) is 0 Å². The SMILES string of the molecule is Cl.OC(COc1ccc(Br)cc1)CN1CCc2ccccc2C1. The first-order valence-corrected chi connectivity index (χ1v) is 8.35. The fourth-order valence-corrected chi connectivity index (χ4v) is 3.05. The summed E-state index contributed by atoms with van der Waals surface area (Å²) in [7, 11) is 0. The van der Waals surface area contributed by atoms with Gasteiger partial charge in [0.05, 0.1) is 0 Å². The first kappa shape index (κ1) is 18.3. The maximum Gasteiger partial charge on any atom is 0.119 e. The van der Waals surface area contributed by atoms with E-state index >= 15 is 0 Å². The first-order valence-electron chi connectivity index (χ1n) is 7.56. The summed E-state index contributed by atoms with van der Waals surface area (Å²) >= 11 is 3.39. The van der Waals surface area contributed by atoms with Gasteiger partial charge in [-0.3, -0.25) is 4.90 Å². The van der Waals surface area contributed by atoms with Gasteiger partial charge in [-0.05, 0) is 41.8 Å². The van der Waals surface area contributed by atoms with Crippen molar-refractivity contribution in [1.82, 2.24) is 4.90 Å². The van der Waals surface area contributed by atoms with Crippen LogP contribution in [0.5, 0.6) is 5.75 Å². The number of aliphatic hydroxyl groups excluding tert-OH is 1. The highest BCUT2D eigenvalue weighted by molar-refractivity contribution is 9.10. The number of benzene rings is 2. The fourth-order valence-electron chi connectivity index (χ4n) is 2.78. The molecule has 3 nitrogen and oxygen atoms in total. The summed E-state index contributed by atoms with van der Waals surface area (Å²) in [6.45, 7) is 2.86. The highest BCUT2D eigenvalue weighted by Crippen LogP contribution is 2.19. The fraction of sp³-hybridized carbons (Fsp3) is 0.333. The van der Waals surface area contributed by atoms with Crippen LogP contribution in [-0.2, 0) is 13.0 Å². The van der Waals surface area contributed by atoms with E-state index in [1.807, 2.05) is 24.3 Å². The average Bonchev–Trinajstić information content (AvgIpc) is 2.54. The number of hydrogen-bond donors (Lipinski definition) is 1. The molecule has 0 aliphatic carbocycles. The lowest BCUT2D eigenvalue weighted by atomic mass is 10.00. The average molecular weight is 399 g/mol. The van der Waals surface area contributed by atoms with E-state index in [0.717, 1.165) is 29.7 Å². The summed E-state index contributed by atoms with van der Waals surface area (Å²) in [6.07, 6.45) is 0.574. The third kappa shape index (κ3) is 5.21. The predicted molar refractivity (Wildman–Crippen MR) is 98.3 cm³/mol. The number of halogens is 2. The Kier molecular flexibility index (Phi) is 6.90. The number of nitrogens with zero attached hydrogens (tertiary/aromatic N) is 1. The maximum absolute atomic E-state index is 10.2. The molecule has 1 aliphatic heterocycles. The molecule has 124 valence electrons. The van der Waals surface area contributed by atoms with Gasteiger partial charge in [-0.15, -0.1) is 12.4 Å². The van der Waals surface area contributed by atoms with Crippen molar-refractivity contribution in [3.63, 3.8) is 0 Å². The number of aliphatic hydroxyl groups is 1. The largest absolute Gasteiger partial charge is 0.491 e. The molecule has 0 fully saturated rings. The zero-order valence-corrected chi connectivity index (χ0v) is 15.2. The monoisotopic (exact) mass is 397 g/mol. The van der Waals surface area contributed by atoms with Crippen LogP contribution in [0.3, 0.4) is 0 Å². The lowest BCUT2D eigenvalue weighted by Crippen LogP contribution is -2.38. The second-order valence-electron chi connectivity index (χ2n) is 5.67. The molecule has 0 spiro atoms. The van der Waals surface area contributed by atoms with Gasteiger partial charge in [-0.25, -0.2) is 0 Å². The number of rotatable bonds is 5. The number of hydrogen-bond acceptors (Lipinski definition) is 3. The van der Waals surface area contributed by atoms with Crippen LogP contribution in [0, 0.1) is 0 Å². The molecule has 0 amide bonds. The van der Waals surface area contributed by atoms with Crippen LogP contribution in [0.1, 0.15) is 11.1 Å². The molecule has 0 radical (unpaired) electrons. The molecule has 1 heterocycles. The lowest BCUT2D eigenvalue weighted by molar-refractivity contribution is 0.0638. The zero-order valence-electron chi connectivity index (χ0n) is 12.8. The van der Waals surface area contributed by atoms with Crippen LogP contribution in [0.25, 0.3) is 0 Å². The van der Waals surface area contributed by atoms with Gasteiger partial charge in [0.25, 0.3) is 0 Å².